The van der Waals surface area contributed by atoms with Crippen molar-refractivity contribution in [2.24, 2.45) is 4.99 Å². The fraction of sp³-hybridized carbons (Fsp3) is 0.235. The summed E-state index contributed by atoms with van der Waals surface area (Å²) in [5.41, 5.74) is 1.91. The molecular formula is C17H17FN2O. The topological polar surface area (TPSA) is 33.6 Å². The quantitative estimate of drug-likeness (QED) is 0.935. The van der Waals surface area contributed by atoms with Crippen molar-refractivity contribution in [2.45, 2.75) is 13.0 Å². The van der Waals surface area contributed by atoms with Crippen LogP contribution in [0, 0.1) is 5.82 Å². The standard InChI is InChI=1S/C17H17FN2O/c18-14-8-6-13(7-9-14)12-21-16-5-2-1-4-15(16)17-19-10-3-11-20-17/h1-2,4-9H,3,10-12H2,(H,19,20). The fourth-order valence-corrected chi connectivity index (χ4v) is 2.24. The van der Waals surface area contributed by atoms with Crippen LogP contribution in [0.3, 0.4) is 0 Å². The molecule has 0 aliphatic carbocycles. The zero-order valence-electron chi connectivity index (χ0n) is 11.7. The first-order valence-electron chi connectivity index (χ1n) is 7.08. The predicted octanol–water partition coefficient (Wildman–Crippen LogP) is 3.14. The van der Waals surface area contributed by atoms with Gasteiger partial charge in [0.2, 0.25) is 0 Å². The molecular weight excluding hydrogens is 267 g/mol. The molecule has 1 aliphatic rings. The summed E-state index contributed by atoms with van der Waals surface area (Å²) in [4.78, 5) is 4.50. The summed E-state index contributed by atoms with van der Waals surface area (Å²) < 4.78 is 18.8. The van der Waals surface area contributed by atoms with E-state index in [1.807, 2.05) is 24.3 Å². The van der Waals surface area contributed by atoms with Gasteiger partial charge in [0.15, 0.2) is 0 Å². The Kier molecular flexibility index (Phi) is 4.15. The number of nitrogens with zero attached hydrogens (tertiary/aromatic N) is 1. The van der Waals surface area contributed by atoms with Crippen LogP contribution in [-0.2, 0) is 6.61 Å². The molecule has 1 heterocycles. The maximum absolute atomic E-state index is 12.9. The molecule has 3 nitrogen and oxygen atoms in total. The summed E-state index contributed by atoms with van der Waals surface area (Å²) in [5, 5.41) is 3.30. The second kappa shape index (κ2) is 6.39. The minimum atomic E-state index is -0.236. The van der Waals surface area contributed by atoms with Gasteiger partial charge in [0.1, 0.15) is 24.0 Å². The van der Waals surface area contributed by atoms with Gasteiger partial charge < -0.3 is 10.1 Å². The molecule has 0 spiro atoms. The number of nitrogens with one attached hydrogen (secondary N) is 1. The third-order valence-electron chi connectivity index (χ3n) is 3.35. The monoisotopic (exact) mass is 284 g/mol. The smallest absolute Gasteiger partial charge is 0.132 e. The highest BCUT2D eigenvalue weighted by Crippen LogP contribution is 2.20. The van der Waals surface area contributed by atoms with Crippen LogP contribution in [0.2, 0.25) is 0 Å². The van der Waals surface area contributed by atoms with Crippen LogP contribution in [0.1, 0.15) is 17.5 Å². The van der Waals surface area contributed by atoms with E-state index in [-0.39, 0.29) is 5.82 Å². The zero-order chi connectivity index (χ0) is 14.5. The first-order chi connectivity index (χ1) is 10.3. The van der Waals surface area contributed by atoms with Crippen molar-refractivity contribution in [3.8, 4) is 5.75 Å². The lowest BCUT2D eigenvalue weighted by atomic mass is 10.1. The lowest BCUT2D eigenvalue weighted by Crippen LogP contribution is -2.30. The Morgan fingerprint density at radius 3 is 2.67 bits per heavy atom. The van der Waals surface area contributed by atoms with Gasteiger partial charge in [-0.05, 0) is 36.2 Å². The molecule has 4 heteroatoms. The van der Waals surface area contributed by atoms with Crippen molar-refractivity contribution in [2.75, 3.05) is 13.1 Å². The number of para-hydroxylation sites is 1. The Bertz CT molecular complexity index is 637. The molecule has 0 unspecified atom stereocenters. The molecule has 21 heavy (non-hydrogen) atoms. The maximum Gasteiger partial charge on any atom is 0.132 e. The molecule has 0 saturated carbocycles. The molecule has 2 aromatic carbocycles. The van der Waals surface area contributed by atoms with E-state index >= 15 is 0 Å². The van der Waals surface area contributed by atoms with E-state index in [2.05, 4.69) is 10.3 Å². The summed E-state index contributed by atoms with van der Waals surface area (Å²) >= 11 is 0. The minimum Gasteiger partial charge on any atom is -0.488 e. The number of rotatable bonds is 4. The van der Waals surface area contributed by atoms with E-state index in [0.717, 1.165) is 42.2 Å². The van der Waals surface area contributed by atoms with E-state index in [1.54, 1.807) is 12.1 Å². The molecule has 2 aromatic rings. The highest BCUT2D eigenvalue weighted by atomic mass is 19.1. The Morgan fingerprint density at radius 2 is 1.90 bits per heavy atom. The van der Waals surface area contributed by atoms with E-state index in [0.29, 0.717) is 6.61 Å². The summed E-state index contributed by atoms with van der Waals surface area (Å²) in [6.45, 7) is 2.18. The van der Waals surface area contributed by atoms with Crippen LogP contribution < -0.4 is 10.1 Å². The van der Waals surface area contributed by atoms with Gasteiger partial charge in [-0.1, -0.05) is 24.3 Å². The van der Waals surface area contributed by atoms with Crippen LogP contribution >= 0.6 is 0 Å². The summed E-state index contributed by atoms with van der Waals surface area (Å²) in [6.07, 6.45) is 1.06. The molecule has 0 saturated heterocycles. The van der Waals surface area contributed by atoms with Crippen LogP contribution in [0.5, 0.6) is 5.75 Å². The largest absolute Gasteiger partial charge is 0.488 e. The van der Waals surface area contributed by atoms with Gasteiger partial charge in [-0.3, -0.25) is 4.99 Å². The molecule has 0 bridgehead atoms. The highest BCUT2D eigenvalue weighted by molar-refractivity contribution is 6.01. The summed E-state index contributed by atoms with van der Waals surface area (Å²) in [7, 11) is 0. The number of halogens is 1. The van der Waals surface area contributed by atoms with Gasteiger partial charge in [0, 0.05) is 13.1 Å². The van der Waals surface area contributed by atoms with Crippen molar-refractivity contribution in [3.63, 3.8) is 0 Å². The third-order valence-corrected chi connectivity index (χ3v) is 3.35. The molecule has 0 aromatic heterocycles. The van der Waals surface area contributed by atoms with Crippen LogP contribution in [0.15, 0.2) is 53.5 Å². The SMILES string of the molecule is Fc1ccc(COc2ccccc2C2=NCCCN2)cc1. The highest BCUT2D eigenvalue weighted by Gasteiger charge is 2.12. The average molecular weight is 284 g/mol. The molecule has 0 atom stereocenters. The lowest BCUT2D eigenvalue weighted by molar-refractivity contribution is 0.305. The second-order valence-electron chi connectivity index (χ2n) is 4.92. The molecule has 0 amide bonds. The molecule has 0 fully saturated rings. The van der Waals surface area contributed by atoms with E-state index in [1.165, 1.54) is 12.1 Å². The number of ether oxygens (including phenoxy) is 1. The predicted molar refractivity (Wildman–Crippen MR) is 81.2 cm³/mol. The van der Waals surface area contributed by atoms with Gasteiger partial charge in [0.05, 0.1) is 5.56 Å². The first kappa shape index (κ1) is 13.6. The summed E-state index contributed by atoms with van der Waals surface area (Å²) in [5.74, 6) is 1.44. The van der Waals surface area contributed by atoms with Gasteiger partial charge in [-0.15, -0.1) is 0 Å². The minimum absolute atomic E-state index is 0.236. The molecule has 108 valence electrons. The zero-order valence-corrected chi connectivity index (χ0v) is 11.7. The second-order valence-corrected chi connectivity index (χ2v) is 4.92. The van der Waals surface area contributed by atoms with Crippen LogP contribution in [-0.4, -0.2) is 18.9 Å². The van der Waals surface area contributed by atoms with Gasteiger partial charge in [0.25, 0.3) is 0 Å². The van der Waals surface area contributed by atoms with E-state index in [4.69, 9.17) is 4.74 Å². The molecule has 1 aliphatic heterocycles. The number of aliphatic imine (C=N–C) groups is 1. The Balaban J connectivity index is 1.76. The lowest BCUT2D eigenvalue weighted by Gasteiger charge is -2.17. The Labute approximate surface area is 123 Å². The van der Waals surface area contributed by atoms with Gasteiger partial charge >= 0.3 is 0 Å². The van der Waals surface area contributed by atoms with Crippen LogP contribution in [0.4, 0.5) is 4.39 Å². The third kappa shape index (κ3) is 3.40. The van der Waals surface area contributed by atoms with Gasteiger partial charge in [-0.2, -0.15) is 0 Å². The average Bonchev–Trinajstić information content (AvgIpc) is 2.55. The van der Waals surface area contributed by atoms with Gasteiger partial charge in [-0.25, -0.2) is 4.39 Å². The van der Waals surface area contributed by atoms with Crippen molar-refractivity contribution in [1.82, 2.24) is 5.32 Å². The van der Waals surface area contributed by atoms with Crippen molar-refractivity contribution in [1.29, 1.82) is 0 Å². The van der Waals surface area contributed by atoms with Crippen molar-refractivity contribution < 1.29 is 9.13 Å². The number of benzene rings is 2. The normalized spacial score (nSPS) is 14.2. The maximum atomic E-state index is 12.9. The molecule has 0 radical (unpaired) electrons. The molecule has 3 rings (SSSR count). The van der Waals surface area contributed by atoms with E-state index in [9.17, 15) is 4.39 Å². The molecule has 1 N–H and O–H groups in total. The number of hydrogen-bond donors (Lipinski definition) is 1. The van der Waals surface area contributed by atoms with E-state index < -0.39 is 0 Å². The summed E-state index contributed by atoms with van der Waals surface area (Å²) in [6, 6.07) is 14.2. The number of hydrogen-bond acceptors (Lipinski definition) is 3. The Morgan fingerprint density at radius 1 is 1.10 bits per heavy atom. The van der Waals surface area contributed by atoms with Crippen molar-refractivity contribution in [3.05, 3.63) is 65.5 Å². The fourth-order valence-electron chi connectivity index (χ4n) is 2.24. The number of amidine groups is 1. The van der Waals surface area contributed by atoms with Crippen molar-refractivity contribution >= 4 is 5.84 Å². The first-order valence-corrected chi connectivity index (χ1v) is 7.08. The Hall–Kier alpha value is -2.36. The van der Waals surface area contributed by atoms with Crippen LogP contribution in [0.25, 0.3) is 0 Å².